The van der Waals surface area contributed by atoms with Gasteiger partial charge in [0.15, 0.2) is 5.69 Å². The first-order valence-electron chi connectivity index (χ1n) is 4.18. The quantitative estimate of drug-likeness (QED) is 0.647. The summed E-state index contributed by atoms with van der Waals surface area (Å²) >= 11 is 5.37. The van der Waals surface area contributed by atoms with Crippen molar-refractivity contribution in [2.75, 3.05) is 11.9 Å². The van der Waals surface area contributed by atoms with Gasteiger partial charge in [-0.2, -0.15) is 13.2 Å². The number of rotatable bonds is 2. The third-order valence-electron chi connectivity index (χ3n) is 1.52. The Hall–Kier alpha value is -1.48. The normalized spacial score (nSPS) is 10.6. The molecule has 0 bridgehead atoms. The molecule has 86 valence electrons. The van der Waals surface area contributed by atoms with Crippen LogP contribution in [0.2, 0.25) is 5.28 Å². The largest absolute Gasteiger partial charge is 0.433 e. The minimum absolute atomic E-state index is 0.00456. The van der Waals surface area contributed by atoms with Gasteiger partial charge in [0, 0.05) is 6.07 Å². The van der Waals surface area contributed by atoms with E-state index in [-0.39, 0.29) is 12.4 Å². The number of aromatic nitrogens is 2. The number of hydrogen-bond donors (Lipinski definition) is 1. The topological polar surface area (TPSA) is 37.8 Å². The van der Waals surface area contributed by atoms with Gasteiger partial charge in [0.1, 0.15) is 5.82 Å². The van der Waals surface area contributed by atoms with Gasteiger partial charge in [0.05, 0.1) is 6.54 Å². The number of nitrogens with one attached hydrogen (secondary N) is 1. The van der Waals surface area contributed by atoms with Crippen LogP contribution in [0.5, 0.6) is 0 Å². The summed E-state index contributed by atoms with van der Waals surface area (Å²) in [6.07, 6.45) is -4.54. The number of alkyl halides is 3. The fraction of sp³-hybridized carbons (Fsp3) is 0.333. The maximum Gasteiger partial charge on any atom is 0.433 e. The fourth-order valence-corrected chi connectivity index (χ4v) is 1.06. The molecule has 0 aliphatic rings. The van der Waals surface area contributed by atoms with E-state index in [1.165, 1.54) is 0 Å². The molecule has 1 aromatic heterocycles. The molecule has 0 spiro atoms. The number of halogens is 4. The van der Waals surface area contributed by atoms with Gasteiger partial charge in [0.25, 0.3) is 0 Å². The molecule has 0 radical (unpaired) electrons. The summed E-state index contributed by atoms with van der Waals surface area (Å²) in [5, 5.41) is 2.13. The Morgan fingerprint density at radius 2 is 2.12 bits per heavy atom. The highest BCUT2D eigenvalue weighted by Gasteiger charge is 2.33. The predicted molar refractivity (Wildman–Crippen MR) is 54.0 cm³/mol. The first-order valence-corrected chi connectivity index (χ1v) is 4.56. The minimum atomic E-state index is -4.54. The molecule has 0 amide bonds. The van der Waals surface area contributed by atoms with Gasteiger partial charge >= 0.3 is 6.18 Å². The van der Waals surface area contributed by atoms with Gasteiger partial charge in [-0.1, -0.05) is 5.92 Å². The van der Waals surface area contributed by atoms with Crippen molar-refractivity contribution < 1.29 is 13.2 Å². The lowest BCUT2D eigenvalue weighted by molar-refractivity contribution is -0.141. The lowest BCUT2D eigenvalue weighted by Crippen LogP contribution is -2.11. The zero-order valence-corrected chi connectivity index (χ0v) is 8.95. The van der Waals surface area contributed by atoms with Gasteiger partial charge in [-0.3, -0.25) is 0 Å². The Morgan fingerprint density at radius 1 is 1.44 bits per heavy atom. The first kappa shape index (κ1) is 12.6. The van der Waals surface area contributed by atoms with E-state index >= 15 is 0 Å². The molecule has 0 saturated heterocycles. The Balaban J connectivity index is 2.93. The maximum atomic E-state index is 12.3. The van der Waals surface area contributed by atoms with Crippen molar-refractivity contribution in [3.05, 3.63) is 17.0 Å². The molecule has 1 rings (SSSR count). The lowest BCUT2D eigenvalue weighted by atomic mass is 10.4. The van der Waals surface area contributed by atoms with Crippen molar-refractivity contribution in [1.29, 1.82) is 0 Å². The summed E-state index contributed by atoms with van der Waals surface area (Å²) in [6.45, 7) is 1.82. The molecule has 3 nitrogen and oxygen atoms in total. The summed E-state index contributed by atoms with van der Waals surface area (Å²) in [5.41, 5.74) is -1.08. The third-order valence-corrected chi connectivity index (χ3v) is 1.69. The Labute approximate surface area is 95.0 Å². The van der Waals surface area contributed by atoms with Crippen LogP contribution in [-0.4, -0.2) is 16.5 Å². The second-order valence-corrected chi connectivity index (χ2v) is 3.02. The summed E-state index contributed by atoms with van der Waals surface area (Å²) in [7, 11) is 0. The molecular formula is C9H7ClF3N3. The average Bonchev–Trinajstić information content (AvgIpc) is 2.16. The van der Waals surface area contributed by atoms with Gasteiger partial charge in [0.2, 0.25) is 5.28 Å². The second-order valence-electron chi connectivity index (χ2n) is 2.69. The fourth-order valence-electron chi connectivity index (χ4n) is 0.877. The van der Waals surface area contributed by atoms with Gasteiger partial charge in [-0.05, 0) is 18.5 Å². The molecule has 0 saturated carbocycles. The zero-order valence-electron chi connectivity index (χ0n) is 8.19. The Kier molecular flexibility index (Phi) is 3.96. The second kappa shape index (κ2) is 5.03. The highest BCUT2D eigenvalue weighted by molar-refractivity contribution is 6.28. The predicted octanol–water partition coefficient (Wildman–Crippen LogP) is 2.58. The summed E-state index contributed by atoms with van der Waals surface area (Å²) in [6, 6.07) is 0.781. The van der Waals surface area contributed by atoms with E-state index in [9.17, 15) is 13.2 Å². The molecule has 7 heteroatoms. The van der Waals surface area contributed by atoms with E-state index in [0.717, 1.165) is 6.07 Å². The average molecular weight is 250 g/mol. The SMILES string of the molecule is CC#CCNc1cc(C(F)(F)F)nc(Cl)n1. The number of nitrogens with zero attached hydrogens (tertiary/aromatic N) is 2. The van der Waals surface area contributed by atoms with Crippen molar-refractivity contribution in [1.82, 2.24) is 9.97 Å². The van der Waals surface area contributed by atoms with Crippen LogP contribution in [0, 0.1) is 11.8 Å². The molecule has 1 heterocycles. The molecule has 16 heavy (non-hydrogen) atoms. The minimum Gasteiger partial charge on any atom is -0.359 e. The molecule has 0 atom stereocenters. The molecular weight excluding hydrogens is 243 g/mol. The van der Waals surface area contributed by atoms with Crippen LogP contribution in [-0.2, 0) is 6.18 Å². The van der Waals surface area contributed by atoms with E-state index in [1.807, 2.05) is 0 Å². The van der Waals surface area contributed by atoms with E-state index in [1.54, 1.807) is 6.92 Å². The van der Waals surface area contributed by atoms with Crippen molar-refractivity contribution in [3.63, 3.8) is 0 Å². The van der Waals surface area contributed by atoms with Crippen LogP contribution in [0.15, 0.2) is 6.07 Å². The molecule has 0 unspecified atom stereocenters. The Bertz CT molecular complexity index is 434. The van der Waals surface area contributed by atoms with Crippen LogP contribution in [0.3, 0.4) is 0 Å². The molecule has 1 N–H and O–H groups in total. The highest BCUT2D eigenvalue weighted by atomic mass is 35.5. The van der Waals surface area contributed by atoms with Crippen LogP contribution in [0.4, 0.5) is 19.0 Å². The van der Waals surface area contributed by atoms with Crippen LogP contribution in [0.25, 0.3) is 0 Å². The summed E-state index contributed by atoms with van der Waals surface area (Å²) in [5.74, 6) is 5.21. The van der Waals surface area contributed by atoms with Crippen molar-refractivity contribution in [3.8, 4) is 11.8 Å². The van der Waals surface area contributed by atoms with E-state index in [0.29, 0.717) is 0 Å². The molecule has 0 fully saturated rings. The monoisotopic (exact) mass is 249 g/mol. The summed E-state index contributed by atoms with van der Waals surface area (Å²) < 4.78 is 37.0. The first-order chi connectivity index (χ1) is 7.43. The summed E-state index contributed by atoms with van der Waals surface area (Å²) in [4.78, 5) is 6.68. The lowest BCUT2D eigenvalue weighted by Gasteiger charge is -2.08. The third kappa shape index (κ3) is 3.59. The van der Waals surface area contributed by atoms with E-state index in [4.69, 9.17) is 11.6 Å². The molecule has 0 aliphatic carbocycles. The van der Waals surface area contributed by atoms with E-state index in [2.05, 4.69) is 27.1 Å². The van der Waals surface area contributed by atoms with Crippen molar-refractivity contribution in [2.24, 2.45) is 0 Å². The molecule has 0 aromatic carbocycles. The van der Waals surface area contributed by atoms with Crippen molar-refractivity contribution >= 4 is 17.4 Å². The van der Waals surface area contributed by atoms with Crippen LogP contribution < -0.4 is 5.32 Å². The molecule has 1 aromatic rings. The number of hydrogen-bond acceptors (Lipinski definition) is 3. The standard InChI is InChI=1S/C9H7ClF3N3/c1-2-3-4-14-7-5-6(9(11,12)13)15-8(10)16-7/h5H,4H2,1H3,(H,14,15,16). The van der Waals surface area contributed by atoms with Gasteiger partial charge < -0.3 is 5.32 Å². The smallest absolute Gasteiger partial charge is 0.359 e. The van der Waals surface area contributed by atoms with Crippen molar-refractivity contribution in [2.45, 2.75) is 13.1 Å². The molecule has 0 aliphatic heterocycles. The number of anilines is 1. The Morgan fingerprint density at radius 3 is 2.69 bits per heavy atom. The van der Waals surface area contributed by atoms with E-state index < -0.39 is 17.2 Å². The maximum absolute atomic E-state index is 12.3. The van der Waals surface area contributed by atoms with Gasteiger partial charge in [-0.15, -0.1) is 5.92 Å². The van der Waals surface area contributed by atoms with Crippen LogP contribution >= 0.6 is 11.6 Å². The highest BCUT2D eigenvalue weighted by Crippen LogP contribution is 2.29. The van der Waals surface area contributed by atoms with Gasteiger partial charge in [-0.25, -0.2) is 9.97 Å². The van der Waals surface area contributed by atoms with Crippen LogP contribution in [0.1, 0.15) is 12.6 Å². The zero-order chi connectivity index (χ0) is 12.2.